The molecular formula is C33H54O8. The van der Waals surface area contributed by atoms with Crippen LogP contribution in [0.25, 0.3) is 0 Å². The minimum Gasteiger partial charge on any atom is -0.494 e. The van der Waals surface area contributed by atoms with Crippen molar-refractivity contribution in [3.8, 4) is 11.5 Å². The van der Waals surface area contributed by atoms with Crippen LogP contribution < -0.4 is 9.47 Å². The number of carbonyl (C=O) groups excluding carboxylic acids is 2. The Morgan fingerprint density at radius 2 is 1.41 bits per heavy atom. The Morgan fingerprint density at radius 3 is 2.10 bits per heavy atom. The van der Waals surface area contributed by atoms with E-state index in [4.69, 9.17) is 28.4 Å². The third-order valence-electron chi connectivity index (χ3n) is 7.00. The molecule has 1 saturated heterocycles. The molecule has 0 aliphatic carbocycles. The van der Waals surface area contributed by atoms with Crippen LogP contribution in [0.4, 0.5) is 0 Å². The molecule has 1 heterocycles. The van der Waals surface area contributed by atoms with Crippen molar-refractivity contribution in [2.75, 3.05) is 39.6 Å². The molecule has 1 aromatic rings. The van der Waals surface area contributed by atoms with Gasteiger partial charge in [0, 0.05) is 19.6 Å². The van der Waals surface area contributed by atoms with Crippen LogP contribution >= 0.6 is 0 Å². The predicted octanol–water partition coefficient (Wildman–Crippen LogP) is 7.80. The van der Waals surface area contributed by atoms with Crippen molar-refractivity contribution in [3.05, 3.63) is 23.8 Å². The van der Waals surface area contributed by atoms with Gasteiger partial charge in [-0.15, -0.1) is 0 Å². The second-order valence-electron chi connectivity index (χ2n) is 10.6. The highest BCUT2D eigenvalue weighted by Gasteiger charge is 2.17. The first-order chi connectivity index (χ1) is 20.1. The molecular weight excluding hydrogens is 524 g/mol. The number of benzene rings is 1. The van der Waals surface area contributed by atoms with E-state index in [-0.39, 0.29) is 18.2 Å². The largest absolute Gasteiger partial charge is 0.494 e. The quantitative estimate of drug-likeness (QED) is 0.0907. The van der Waals surface area contributed by atoms with Crippen molar-refractivity contribution in [1.82, 2.24) is 0 Å². The van der Waals surface area contributed by atoms with Crippen LogP contribution in [0.15, 0.2) is 18.2 Å². The van der Waals surface area contributed by atoms with Gasteiger partial charge in [0.2, 0.25) is 0 Å². The fourth-order valence-corrected chi connectivity index (χ4v) is 4.49. The fourth-order valence-electron chi connectivity index (χ4n) is 4.49. The Labute approximate surface area is 247 Å². The Morgan fingerprint density at radius 1 is 0.756 bits per heavy atom. The SMILES string of the molecule is CCCCCCOc1ccc(OCCCCCCOC(=O)CC)c(C(=O)OCCCCCCOC2CCCCO2)c1. The van der Waals surface area contributed by atoms with E-state index in [0.29, 0.717) is 56.5 Å². The predicted molar refractivity (Wildman–Crippen MR) is 160 cm³/mol. The molecule has 8 nitrogen and oxygen atoms in total. The molecule has 8 heteroatoms. The molecule has 1 aliphatic heterocycles. The average Bonchev–Trinajstić information content (AvgIpc) is 3.00. The monoisotopic (exact) mass is 578 g/mol. The lowest BCUT2D eigenvalue weighted by Gasteiger charge is -2.22. The summed E-state index contributed by atoms with van der Waals surface area (Å²) in [5, 5.41) is 0. The van der Waals surface area contributed by atoms with Gasteiger partial charge in [-0.25, -0.2) is 4.79 Å². The Bertz CT molecular complexity index is 821. The minimum absolute atomic E-state index is 0.0331. The molecule has 2 rings (SSSR count). The van der Waals surface area contributed by atoms with Gasteiger partial charge in [0.25, 0.3) is 0 Å². The van der Waals surface area contributed by atoms with Gasteiger partial charge in [0.15, 0.2) is 6.29 Å². The summed E-state index contributed by atoms with van der Waals surface area (Å²) < 4.78 is 34.0. The molecule has 0 spiro atoms. The lowest BCUT2D eigenvalue weighted by atomic mass is 10.1. The van der Waals surface area contributed by atoms with Crippen molar-refractivity contribution in [3.63, 3.8) is 0 Å². The van der Waals surface area contributed by atoms with Gasteiger partial charge < -0.3 is 28.4 Å². The van der Waals surface area contributed by atoms with Crippen LogP contribution in [-0.4, -0.2) is 57.9 Å². The Hall–Kier alpha value is -2.32. The van der Waals surface area contributed by atoms with Gasteiger partial charge in [-0.05, 0) is 88.8 Å². The van der Waals surface area contributed by atoms with E-state index in [2.05, 4.69) is 6.92 Å². The highest BCUT2D eigenvalue weighted by atomic mass is 16.7. The van der Waals surface area contributed by atoms with E-state index in [0.717, 1.165) is 83.7 Å². The maximum atomic E-state index is 13.0. The number of esters is 2. The maximum Gasteiger partial charge on any atom is 0.342 e. The van der Waals surface area contributed by atoms with Crippen LogP contribution in [0.1, 0.15) is 127 Å². The molecule has 0 radical (unpaired) electrons. The third kappa shape index (κ3) is 16.6. The van der Waals surface area contributed by atoms with Crippen molar-refractivity contribution < 1.29 is 38.0 Å². The Kier molecular flexibility index (Phi) is 19.8. The molecule has 0 aromatic heterocycles. The van der Waals surface area contributed by atoms with Crippen molar-refractivity contribution in [1.29, 1.82) is 0 Å². The number of carbonyl (C=O) groups is 2. The molecule has 0 saturated carbocycles. The zero-order valence-corrected chi connectivity index (χ0v) is 25.6. The van der Waals surface area contributed by atoms with Gasteiger partial charge in [0.1, 0.15) is 17.1 Å². The van der Waals surface area contributed by atoms with Crippen LogP contribution in [0.3, 0.4) is 0 Å². The molecule has 1 fully saturated rings. The maximum absolute atomic E-state index is 13.0. The fraction of sp³-hybridized carbons (Fsp3) is 0.758. The van der Waals surface area contributed by atoms with E-state index in [1.54, 1.807) is 19.1 Å². The summed E-state index contributed by atoms with van der Waals surface area (Å²) in [5.41, 5.74) is 0.406. The second-order valence-corrected chi connectivity index (χ2v) is 10.6. The molecule has 0 N–H and O–H groups in total. The lowest BCUT2D eigenvalue weighted by Crippen LogP contribution is -2.22. The summed E-state index contributed by atoms with van der Waals surface area (Å²) in [5.74, 6) is 0.639. The molecule has 0 amide bonds. The van der Waals surface area contributed by atoms with Crippen molar-refractivity contribution in [2.45, 2.75) is 123 Å². The molecule has 41 heavy (non-hydrogen) atoms. The zero-order valence-electron chi connectivity index (χ0n) is 25.6. The van der Waals surface area contributed by atoms with E-state index >= 15 is 0 Å². The summed E-state index contributed by atoms with van der Waals surface area (Å²) in [7, 11) is 0. The normalized spacial score (nSPS) is 14.9. The second kappa shape index (κ2) is 23.3. The first-order valence-corrected chi connectivity index (χ1v) is 16.1. The molecule has 234 valence electrons. The molecule has 1 unspecified atom stereocenters. The van der Waals surface area contributed by atoms with Gasteiger partial charge in [-0.2, -0.15) is 0 Å². The summed E-state index contributed by atoms with van der Waals surface area (Å²) in [6.45, 7) is 7.45. The van der Waals surface area contributed by atoms with Gasteiger partial charge in [0.05, 0.1) is 26.4 Å². The first kappa shape index (κ1) is 34.9. The van der Waals surface area contributed by atoms with Crippen LogP contribution in [0.2, 0.25) is 0 Å². The number of rotatable bonds is 24. The minimum atomic E-state index is -0.382. The zero-order chi connectivity index (χ0) is 29.4. The summed E-state index contributed by atoms with van der Waals surface area (Å²) >= 11 is 0. The highest BCUT2D eigenvalue weighted by molar-refractivity contribution is 5.93. The summed E-state index contributed by atoms with van der Waals surface area (Å²) in [6.07, 6.45) is 15.6. The number of hydrogen-bond donors (Lipinski definition) is 0. The molecule has 1 aliphatic rings. The smallest absolute Gasteiger partial charge is 0.342 e. The molecule has 1 aromatic carbocycles. The summed E-state index contributed by atoms with van der Waals surface area (Å²) in [6, 6.07) is 5.40. The standard InChI is InChI=1S/C33H54O8/c1-3-5-6-12-21-36-28-19-20-30(37-22-13-7-8-14-23-38-31(34)4-2)29(27-28)33(35)41-26-16-10-9-15-24-39-32-18-11-17-25-40-32/h19-20,27,32H,3-18,21-26H2,1-2H3. The van der Waals surface area contributed by atoms with Crippen molar-refractivity contribution >= 4 is 11.9 Å². The highest BCUT2D eigenvalue weighted by Crippen LogP contribution is 2.26. The van der Waals surface area contributed by atoms with E-state index < -0.39 is 0 Å². The molecule has 0 bridgehead atoms. The molecule has 1 atom stereocenters. The topological polar surface area (TPSA) is 89.5 Å². The summed E-state index contributed by atoms with van der Waals surface area (Å²) in [4.78, 5) is 24.2. The van der Waals surface area contributed by atoms with Gasteiger partial charge in [-0.1, -0.05) is 39.5 Å². The van der Waals surface area contributed by atoms with Crippen LogP contribution in [-0.2, 0) is 23.7 Å². The van der Waals surface area contributed by atoms with E-state index in [1.807, 2.05) is 6.07 Å². The van der Waals surface area contributed by atoms with Crippen LogP contribution in [0, 0.1) is 0 Å². The Balaban J connectivity index is 1.72. The van der Waals surface area contributed by atoms with Crippen molar-refractivity contribution in [2.24, 2.45) is 0 Å². The van der Waals surface area contributed by atoms with E-state index in [1.165, 1.54) is 19.3 Å². The first-order valence-electron chi connectivity index (χ1n) is 16.1. The number of hydrogen-bond acceptors (Lipinski definition) is 8. The van der Waals surface area contributed by atoms with Gasteiger partial charge in [-0.3, -0.25) is 4.79 Å². The third-order valence-corrected chi connectivity index (χ3v) is 7.00. The average molecular weight is 579 g/mol. The lowest BCUT2D eigenvalue weighted by molar-refractivity contribution is -0.162. The number of unbranched alkanes of at least 4 members (excludes halogenated alkanes) is 9. The van der Waals surface area contributed by atoms with Crippen LogP contribution in [0.5, 0.6) is 11.5 Å². The van der Waals surface area contributed by atoms with Gasteiger partial charge >= 0.3 is 11.9 Å². The number of ether oxygens (including phenoxy) is 6. The van der Waals surface area contributed by atoms with E-state index in [9.17, 15) is 9.59 Å².